The monoisotopic (exact) mass is 302 g/mol. The number of hydrogen-bond donors (Lipinski definition) is 2. The van der Waals surface area contributed by atoms with Crippen molar-refractivity contribution in [2.75, 3.05) is 6.54 Å². The molecule has 0 saturated carbocycles. The van der Waals surface area contributed by atoms with Crippen molar-refractivity contribution in [1.29, 1.82) is 0 Å². The van der Waals surface area contributed by atoms with E-state index in [1.165, 1.54) is 0 Å². The molecular weight excluding hydrogens is 289 g/mol. The summed E-state index contributed by atoms with van der Waals surface area (Å²) < 4.78 is 36.5. The molecule has 0 aromatic heterocycles. The molecule has 0 fully saturated rings. The van der Waals surface area contributed by atoms with Crippen molar-refractivity contribution >= 4 is 12.0 Å². The van der Waals surface area contributed by atoms with Gasteiger partial charge in [-0.3, -0.25) is 9.69 Å². The smallest absolute Gasteiger partial charge is 0.465 e. The zero-order valence-corrected chi connectivity index (χ0v) is 10.9. The number of hydrogen-bond acceptors (Lipinski definition) is 2. The highest BCUT2D eigenvalue weighted by molar-refractivity contribution is 5.81. The zero-order chi connectivity index (χ0) is 15.6. The first kappa shape index (κ1) is 15.1. The zero-order valence-electron chi connectivity index (χ0n) is 10.9. The minimum atomic E-state index is -4.97. The molecule has 1 atom stereocenters. The Bertz CT molecular complexity index is 560. The van der Waals surface area contributed by atoms with Crippen LogP contribution in [0.3, 0.4) is 0 Å². The molecule has 1 aromatic carbocycles. The number of amides is 2. The van der Waals surface area contributed by atoms with E-state index in [0.29, 0.717) is 0 Å². The van der Waals surface area contributed by atoms with Crippen molar-refractivity contribution in [1.82, 2.24) is 10.2 Å². The summed E-state index contributed by atoms with van der Waals surface area (Å²) in [6, 6.07) is 6.40. The third kappa shape index (κ3) is 3.45. The molecule has 8 heteroatoms. The van der Waals surface area contributed by atoms with Crippen molar-refractivity contribution in [2.24, 2.45) is 0 Å². The molecule has 1 heterocycles. The predicted molar refractivity (Wildman–Crippen MR) is 66.6 cm³/mol. The average Bonchev–Trinajstić information content (AvgIpc) is 2.42. The third-order valence-corrected chi connectivity index (χ3v) is 3.36. The van der Waals surface area contributed by atoms with Crippen LogP contribution in [0, 0.1) is 0 Å². The Hall–Kier alpha value is -2.25. The quantitative estimate of drug-likeness (QED) is 0.875. The van der Waals surface area contributed by atoms with Gasteiger partial charge in [-0.05, 0) is 17.5 Å². The Kier molecular flexibility index (Phi) is 4.06. The van der Waals surface area contributed by atoms with Crippen LogP contribution >= 0.6 is 0 Å². The van der Waals surface area contributed by atoms with Crippen molar-refractivity contribution in [3.63, 3.8) is 0 Å². The number of nitrogens with zero attached hydrogens (tertiary/aromatic N) is 1. The number of carboxylic acid groups (broad SMARTS) is 1. The Morgan fingerprint density at radius 3 is 2.48 bits per heavy atom. The first-order valence-electron chi connectivity index (χ1n) is 6.20. The number of fused-ring (bicyclic) bond motifs is 1. The summed E-state index contributed by atoms with van der Waals surface area (Å²) in [5.74, 6) is -2.06. The number of halogens is 3. The lowest BCUT2D eigenvalue weighted by Crippen LogP contribution is -2.51. The van der Waals surface area contributed by atoms with Gasteiger partial charge in [0.25, 0.3) is 0 Å². The molecule has 0 aliphatic carbocycles. The molecule has 2 rings (SSSR count). The molecule has 0 bridgehead atoms. The van der Waals surface area contributed by atoms with Gasteiger partial charge in [-0.15, -0.1) is 0 Å². The molecule has 2 amide bonds. The van der Waals surface area contributed by atoms with E-state index in [0.717, 1.165) is 16.0 Å². The summed E-state index contributed by atoms with van der Waals surface area (Å²) in [5.41, 5.74) is 1.69. The standard InChI is InChI=1S/C13H13F3N2O3/c14-13(15,16)11(19)17-6-10-5-8-3-1-2-4-9(8)7-18(10)12(20)21/h1-4,10H,5-7H2,(H,17,19)(H,20,21). The number of nitrogens with one attached hydrogen (secondary N) is 1. The normalized spacial score (nSPS) is 18.0. The van der Waals surface area contributed by atoms with Gasteiger partial charge in [0, 0.05) is 13.1 Å². The van der Waals surface area contributed by atoms with Gasteiger partial charge < -0.3 is 10.4 Å². The summed E-state index contributed by atoms with van der Waals surface area (Å²) in [7, 11) is 0. The van der Waals surface area contributed by atoms with Gasteiger partial charge in [-0.1, -0.05) is 24.3 Å². The first-order valence-corrected chi connectivity index (χ1v) is 6.20. The van der Waals surface area contributed by atoms with Gasteiger partial charge >= 0.3 is 18.2 Å². The number of carbonyl (C=O) groups excluding carboxylic acids is 1. The highest BCUT2D eigenvalue weighted by Gasteiger charge is 2.39. The SMILES string of the molecule is O=C(O)N1Cc2ccccc2CC1CNC(=O)C(F)(F)F. The lowest BCUT2D eigenvalue weighted by molar-refractivity contribution is -0.173. The van der Waals surface area contributed by atoms with E-state index in [2.05, 4.69) is 0 Å². The summed E-state index contributed by atoms with van der Waals surface area (Å²) in [6.45, 7) is -0.281. The van der Waals surface area contributed by atoms with E-state index in [-0.39, 0.29) is 19.5 Å². The van der Waals surface area contributed by atoms with Crippen LogP contribution in [0.5, 0.6) is 0 Å². The lowest BCUT2D eigenvalue weighted by atomic mass is 9.94. The second-order valence-corrected chi connectivity index (χ2v) is 4.74. The molecule has 2 N–H and O–H groups in total. The topological polar surface area (TPSA) is 69.6 Å². The minimum Gasteiger partial charge on any atom is -0.465 e. The third-order valence-electron chi connectivity index (χ3n) is 3.36. The van der Waals surface area contributed by atoms with E-state index < -0.39 is 24.2 Å². The van der Waals surface area contributed by atoms with E-state index in [4.69, 9.17) is 5.11 Å². The second-order valence-electron chi connectivity index (χ2n) is 4.74. The first-order chi connectivity index (χ1) is 9.79. The van der Waals surface area contributed by atoms with Crippen molar-refractivity contribution in [3.8, 4) is 0 Å². The van der Waals surface area contributed by atoms with Crippen LogP contribution in [-0.4, -0.2) is 40.8 Å². The van der Waals surface area contributed by atoms with Crippen molar-refractivity contribution in [3.05, 3.63) is 35.4 Å². The van der Waals surface area contributed by atoms with Gasteiger partial charge in [0.1, 0.15) is 0 Å². The highest BCUT2D eigenvalue weighted by Crippen LogP contribution is 2.23. The van der Waals surface area contributed by atoms with Crippen LogP contribution in [0.1, 0.15) is 11.1 Å². The van der Waals surface area contributed by atoms with E-state index in [1.807, 2.05) is 0 Å². The Balaban J connectivity index is 2.10. The second kappa shape index (κ2) is 5.63. The van der Waals surface area contributed by atoms with E-state index in [9.17, 15) is 22.8 Å². The Morgan fingerprint density at radius 2 is 1.90 bits per heavy atom. The molecule has 1 aromatic rings. The fourth-order valence-electron chi connectivity index (χ4n) is 2.30. The molecule has 21 heavy (non-hydrogen) atoms. The highest BCUT2D eigenvalue weighted by atomic mass is 19.4. The van der Waals surface area contributed by atoms with Gasteiger partial charge in [0.05, 0.1) is 6.04 Å². The molecule has 1 unspecified atom stereocenters. The van der Waals surface area contributed by atoms with Crippen molar-refractivity contribution in [2.45, 2.75) is 25.2 Å². The van der Waals surface area contributed by atoms with Crippen LogP contribution in [0.4, 0.5) is 18.0 Å². The maximum Gasteiger partial charge on any atom is 0.471 e. The van der Waals surface area contributed by atoms with Crippen LogP contribution in [-0.2, 0) is 17.8 Å². The fraction of sp³-hybridized carbons (Fsp3) is 0.385. The predicted octanol–water partition coefficient (Wildman–Crippen LogP) is 1.77. The molecular formula is C13H13F3N2O3. The van der Waals surface area contributed by atoms with Crippen LogP contribution < -0.4 is 5.32 Å². The van der Waals surface area contributed by atoms with E-state index in [1.54, 1.807) is 29.6 Å². The van der Waals surface area contributed by atoms with Crippen LogP contribution in [0.15, 0.2) is 24.3 Å². The molecule has 1 aliphatic heterocycles. The molecule has 1 aliphatic rings. The number of rotatable bonds is 2. The molecule has 0 spiro atoms. The summed E-state index contributed by atoms with van der Waals surface area (Å²) in [6.07, 6.45) is -5.93. The minimum absolute atomic E-state index is 0.0953. The average molecular weight is 302 g/mol. The molecule has 5 nitrogen and oxygen atoms in total. The fourth-order valence-corrected chi connectivity index (χ4v) is 2.30. The largest absolute Gasteiger partial charge is 0.471 e. The van der Waals surface area contributed by atoms with Crippen molar-refractivity contribution < 1.29 is 27.9 Å². The lowest BCUT2D eigenvalue weighted by Gasteiger charge is -2.35. The molecule has 0 saturated heterocycles. The number of alkyl halides is 3. The van der Waals surface area contributed by atoms with Gasteiger partial charge in [0.2, 0.25) is 0 Å². The van der Waals surface area contributed by atoms with E-state index >= 15 is 0 Å². The summed E-state index contributed by atoms with van der Waals surface area (Å²) in [5, 5.41) is 10.9. The van der Waals surface area contributed by atoms with Crippen LogP contribution in [0.2, 0.25) is 0 Å². The maximum absolute atomic E-state index is 12.2. The summed E-state index contributed by atoms with van der Waals surface area (Å²) >= 11 is 0. The number of benzene rings is 1. The Morgan fingerprint density at radius 1 is 1.29 bits per heavy atom. The summed E-state index contributed by atoms with van der Waals surface area (Å²) in [4.78, 5) is 23.1. The molecule has 114 valence electrons. The maximum atomic E-state index is 12.2. The Labute approximate surface area is 118 Å². The van der Waals surface area contributed by atoms with Gasteiger partial charge in [-0.25, -0.2) is 4.79 Å². The van der Waals surface area contributed by atoms with Crippen LogP contribution in [0.25, 0.3) is 0 Å². The van der Waals surface area contributed by atoms with Gasteiger partial charge in [0.15, 0.2) is 0 Å². The van der Waals surface area contributed by atoms with Gasteiger partial charge in [-0.2, -0.15) is 13.2 Å². The number of carbonyl (C=O) groups is 2. The molecule has 0 radical (unpaired) electrons.